The molecule has 0 unspecified atom stereocenters. The van der Waals surface area contributed by atoms with Crippen LogP contribution in [-0.2, 0) is 6.54 Å². The van der Waals surface area contributed by atoms with Gasteiger partial charge in [-0.25, -0.2) is 4.68 Å². The molecule has 10 heteroatoms. The van der Waals surface area contributed by atoms with Gasteiger partial charge in [0.25, 0.3) is 5.95 Å². The molecule has 0 bridgehead atoms. The Morgan fingerprint density at radius 2 is 2.05 bits per heavy atom. The van der Waals surface area contributed by atoms with Crippen LogP contribution in [0.1, 0.15) is 11.7 Å². The summed E-state index contributed by atoms with van der Waals surface area (Å²) in [6, 6.07) is 1.79. The standard InChI is InChI=1S/C11H13N9O/c1-7-15-8(21-19-7)6-13-10-16-9(12-2)17-11(18-10)20-5-3-4-14-20/h3-5H,6H2,1-2H3,(H2,12,13,16,17,18). The van der Waals surface area contributed by atoms with Crippen LogP contribution in [0.25, 0.3) is 5.95 Å². The average molecular weight is 287 g/mol. The van der Waals surface area contributed by atoms with Gasteiger partial charge in [0.1, 0.15) is 0 Å². The molecule has 0 aliphatic heterocycles. The first-order valence-corrected chi connectivity index (χ1v) is 6.21. The molecule has 3 heterocycles. The van der Waals surface area contributed by atoms with Crippen molar-refractivity contribution in [2.45, 2.75) is 13.5 Å². The molecule has 0 saturated heterocycles. The van der Waals surface area contributed by atoms with E-state index < -0.39 is 0 Å². The van der Waals surface area contributed by atoms with Gasteiger partial charge in [0, 0.05) is 19.4 Å². The third-order valence-corrected chi connectivity index (χ3v) is 2.52. The summed E-state index contributed by atoms with van der Waals surface area (Å²) in [5.74, 6) is 2.26. The van der Waals surface area contributed by atoms with Gasteiger partial charge >= 0.3 is 0 Å². The molecule has 10 nitrogen and oxygen atoms in total. The molecular weight excluding hydrogens is 274 g/mol. The van der Waals surface area contributed by atoms with E-state index in [-0.39, 0.29) is 0 Å². The second-order valence-electron chi connectivity index (χ2n) is 4.07. The minimum atomic E-state index is 0.326. The Hall–Kier alpha value is -3.04. The van der Waals surface area contributed by atoms with Gasteiger partial charge in [-0.2, -0.15) is 25.0 Å². The highest BCUT2D eigenvalue weighted by Gasteiger charge is 2.09. The van der Waals surface area contributed by atoms with Crippen LogP contribution in [0.3, 0.4) is 0 Å². The van der Waals surface area contributed by atoms with Gasteiger partial charge in [-0.1, -0.05) is 5.16 Å². The predicted octanol–water partition coefficient (Wildman–Crippen LogP) is 0.403. The molecule has 3 rings (SSSR count). The van der Waals surface area contributed by atoms with E-state index in [0.717, 1.165) is 0 Å². The lowest BCUT2D eigenvalue weighted by molar-refractivity contribution is 0.379. The molecule has 3 aromatic rings. The topological polar surface area (TPSA) is 119 Å². The van der Waals surface area contributed by atoms with E-state index in [1.165, 1.54) is 0 Å². The van der Waals surface area contributed by atoms with Crippen molar-refractivity contribution in [2.75, 3.05) is 17.7 Å². The van der Waals surface area contributed by atoms with Gasteiger partial charge in [-0.05, 0) is 13.0 Å². The van der Waals surface area contributed by atoms with Gasteiger partial charge in [-0.3, -0.25) is 0 Å². The summed E-state index contributed by atoms with van der Waals surface area (Å²) in [4.78, 5) is 16.8. The Morgan fingerprint density at radius 1 is 1.19 bits per heavy atom. The van der Waals surface area contributed by atoms with E-state index in [2.05, 4.69) is 40.8 Å². The highest BCUT2D eigenvalue weighted by atomic mass is 16.5. The number of anilines is 2. The van der Waals surface area contributed by atoms with Crippen molar-refractivity contribution in [1.29, 1.82) is 0 Å². The van der Waals surface area contributed by atoms with E-state index >= 15 is 0 Å². The fourth-order valence-electron chi connectivity index (χ4n) is 1.61. The molecule has 0 radical (unpaired) electrons. The molecule has 0 fully saturated rings. The van der Waals surface area contributed by atoms with E-state index in [9.17, 15) is 0 Å². The maximum absolute atomic E-state index is 5.02. The van der Waals surface area contributed by atoms with Crippen molar-refractivity contribution in [3.8, 4) is 5.95 Å². The normalized spacial score (nSPS) is 10.6. The molecule has 0 saturated carbocycles. The van der Waals surface area contributed by atoms with Crippen molar-refractivity contribution in [3.05, 3.63) is 30.2 Å². The van der Waals surface area contributed by atoms with Gasteiger partial charge in [0.15, 0.2) is 5.82 Å². The summed E-state index contributed by atoms with van der Waals surface area (Å²) in [7, 11) is 1.73. The van der Waals surface area contributed by atoms with Crippen molar-refractivity contribution in [1.82, 2.24) is 34.9 Å². The van der Waals surface area contributed by atoms with Crippen LogP contribution >= 0.6 is 0 Å². The molecule has 0 aromatic carbocycles. The van der Waals surface area contributed by atoms with Gasteiger partial charge in [-0.15, -0.1) is 0 Å². The highest BCUT2D eigenvalue weighted by molar-refractivity contribution is 5.37. The third-order valence-electron chi connectivity index (χ3n) is 2.52. The molecule has 0 aliphatic carbocycles. The minimum Gasteiger partial charge on any atom is -0.357 e. The number of aromatic nitrogens is 7. The summed E-state index contributed by atoms with van der Waals surface area (Å²) < 4.78 is 6.56. The molecule has 0 spiro atoms. The first kappa shape index (κ1) is 13.0. The first-order valence-electron chi connectivity index (χ1n) is 6.21. The number of nitrogens with one attached hydrogen (secondary N) is 2. The van der Waals surface area contributed by atoms with Crippen LogP contribution in [0.15, 0.2) is 23.0 Å². The quantitative estimate of drug-likeness (QED) is 0.687. The molecule has 0 aliphatic rings. The fourth-order valence-corrected chi connectivity index (χ4v) is 1.61. The highest BCUT2D eigenvalue weighted by Crippen LogP contribution is 2.09. The lowest BCUT2D eigenvalue weighted by atomic mass is 10.6. The van der Waals surface area contributed by atoms with Gasteiger partial charge < -0.3 is 15.2 Å². The van der Waals surface area contributed by atoms with Crippen molar-refractivity contribution >= 4 is 11.9 Å². The average Bonchev–Trinajstić information content (AvgIpc) is 3.16. The van der Waals surface area contributed by atoms with Gasteiger partial charge in [0.2, 0.25) is 17.8 Å². The Kier molecular flexibility index (Phi) is 3.41. The summed E-state index contributed by atoms with van der Waals surface area (Å²) in [6.07, 6.45) is 3.40. The maximum atomic E-state index is 5.02. The van der Waals surface area contributed by atoms with Crippen LogP contribution in [0.4, 0.5) is 11.9 Å². The first-order chi connectivity index (χ1) is 10.2. The Labute approximate surface area is 119 Å². The zero-order chi connectivity index (χ0) is 14.7. The number of hydrogen-bond donors (Lipinski definition) is 2. The second-order valence-corrected chi connectivity index (χ2v) is 4.07. The molecule has 21 heavy (non-hydrogen) atoms. The van der Waals surface area contributed by atoms with Crippen LogP contribution in [-0.4, -0.2) is 41.9 Å². The predicted molar refractivity (Wildman–Crippen MR) is 72.9 cm³/mol. The fraction of sp³-hybridized carbons (Fsp3) is 0.273. The second kappa shape index (κ2) is 5.53. The molecule has 3 aromatic heterocycles. The summed E-state index contributed by atoms with van der Waals surface area (Å²) in [5.41, 5.74) is 0. The number of rotatable bonds is 5. The number of hydrogen-bond acceptors (Lipinski definition) is 9. The van der Waals surface area contributed by atoms with Crippen LogP contribution in [0.5, 0.6) is 0 Å². The van der Waals surface area contributed by atoms with Crippen LogP contribution in [0, 0.1) is 6.92 Å². The zero-order valence-corrected chi connectivity index (χ0v) is 11.5. The smallest absolute Gasteiger partial charge is 0.257 e. The summed E-state index contributed by atoms with van der Waals surface area (Å²) in [5, 5.41) is 13.7. The maximum Gasteiger partial charge on any atom is 0.257 e. The van der Waals surface area contributed by atoms with E-state index in [1.54, 1.807) is 37.1 Å². The molecule has 108 valence electrons. The summed E-state index contributed by atoms with van der Waals surface area (Å²) in [6.45, 7) is 2.08. The number of nitrogens with zero attached hydrogens (tertiary/aromatic N) is 7. The zero-order valence-electron chi connectivity index (χ0n) is 11.5. The molecule has 2 N–H and O–H groups in total. The van der Waals surface area contributed by atoms with Crippen molar-refractivity contribution < 1.29 is 4.52 Å². The molecule has 0 amide bonds. The SMILES string of the molecule is CNc1nc(NCc2nc(C)no2)nc(-n2cccn2)n1. The number of aryl methyl sites for hydroxylation is 1. The van der Waals surface area contributed by atoms with Crippen molar-refractivity contribution in [3.63, 3.8) is 0 Å². The summed E-state index contributed by atoms with van der Waals surface area (Å²) >= 11 is 0. The third kappa shape index (κ3) is 2.94. The van der Waals surface area contributed by atoms with Gasteiger partial charge in [0.05, 0.1) is 6.54 Å². The van der Waals surface area contributed by atoms with Crippen LogP contribution < -0.4 is 10.6 Å². The van der Waals surface area contributed by atoms with E-state index in [0.29, 0.717) is 36.1 Å². The monoisotopic (exact) mass is 287 g/mol. The lowest BCUT2D eigenvalue weighted by Gasteiger charge is -2.07. The Morgan fingerprint density at radius 3 is 2.71 bits per heavy atom. The van der Waals surface area contributed by atoms with E-state index in [4.69, 9.17) is 4.52 Å². The Bertz CT molecular complexity index is 721. The lowest BCUT2D eigenvalue weighted by Crippen LogP contribution is -2.11. The minimum absolute atomic E-state index is 0.326. The largest absolute Gasteiger partial charge is 0.357 e. The van der Waals surface area contributed by atoms with Crippen LogP contribution in [0.2, 0.25) is 0 Å². The van der Waals surface area contributed by atoms with E-state index in [1.807, 2.05) is 0 Å². The van der Waals surface area contributed by atoms with Crippen molar-refractivity contribution in [2.24, 2.45) is 0 Å². The Balaban J connectivity index is 1.82. The molecular formula is C11H13N9O. The molecule has 0 atom stereocenters.